The quantitative estimate of drug-likeness (QED) is 0.287. The summed E-state index contributed by atoms with van der Waals surface area (Å²) in [6.45, 7) is 7.23. The van der Waals surface area contributed by atoms with Crippen molar-refractivity contribution in [1.82, 2.24) is 0 Å². The second-order valence-electron chi connectivity index (χ2n) is 7.11. The minimum atomic E-state index is -0.448. The van der Waals surface area contributed by atoms with Crippen molar-refractivity contribution in [3.8, 4) is 0 Å². The summed E-state index contributed by atoms with van der Waals surface area (Å²) in [5, 5.41) is 0. The van der Waals surface area contributed by atoms with Crippen LogP contribution in [0.2, 0.25) is 0 Å². The highest BCUT2D eigenvalue weighted by Gasteiger charge is 2.20. The second kappa shape index (κ2) is 14.2. The largest absolute Gasteiger partial charge is 0.462 e. The molecule has 152 valence electrons. The number of hydrogen-bond donors (Lipinski definition) is 0. The molecule has 0 bridgehead atoms. The Kier molecular flexibility index (Phi) is 12.2. The number of unbranched alkanes of at least 4 members (excludes halogenated alkanes) is 5. The zero-order valence-electron chi connectivity index (χ0n) is 17.3. The van der Waals surface area contributed by atoms with Gasteiger partial charge in [-0.2, -0.15) is 0 Å². The third kappa shape index (κ3) is 9.07. The summed E-state index contributed by atoms with van der Waals surface area (Å²) in [7, 11) is 0. The first-order chi connectivity index (χ1) is 13.1. The van der Waals surface area contributed by atoms with Gasteiger partial charge in [-0.3, -0.25) is 0 Å². The normalized spacial score (nSPS) is 11.8. The molecule has 0 heterocycles. The molecule has 0 spiro atoms. The molecule has 0 saturated carbocycles. The molecule has 0 aliphatic rings. The Labute approximate surface area is 164 Å². The molecule has 0 saturated heterocycles. The first-order valence-electron chi connectivity index (χ1n) is 10.6. The minimum absolute atomic E-state index is 0.290. The van der Waals surface area contributed by atoms with Crippen LogP contribution in [0.5, 0.6) is 0 Å². The van der Waals surface area contributed by atoms with Crippen LogP contribution in [0.25, 0.3) is 0 Å². The van der Waals surface area contributed by atoms with Crippen molar-refractivity contribution in [2.45, 2.75) is 78.6 Å². The maximum absolute atomic E-state index is 12.5. The van der Waals surface area contributed by atoms with E-state index >= 15 is 0 Å². The summed E-state index contributed by atoms with van der Waals surface area (Å²) >= 11 is 0. The lowest BCUT2D eigenvalue weighted by molar-refractivity contribution is 0.0404. The third-order valence-electron chi connectivity index (χ3n) is 4.84. The Hall–Kier alpha value is -1.84. The average Bonchev–Trinajstić information content (AvgIpc) is 2.70. The Morgan fingerprint density at radius 3 is 2.00 bits per heavy atom. The lowest BCUT2D eigenvalue weighted by atomic mass is 10.0. The molecule has 0 radical (unpaired) electrons. The molecule has 0 aromatic heterocycles. The van der Waals surface area contributed by atoms with E-state index in [1.807, 2.05) is 0 Å². The molecule has 0 amide bonds. The maximum Gasteiger partial charge on any atom is 0.339 e. The van der Waals surface area contributed by atoms with Crippen molar-refractivity contribution in [1.29, 1.82) is 0 Å². The van der Waals surface area contributed by atoms with Crippen molar-refractivity contribution >= 4 is 11.9 Å². The molecule has 1 unspecified atom stereocenters. The van der Waals surface area contributed by atoms with Crippen LogP contribution >= 0.6 is 0 Å². The summed E-state index contributed by atoms with van der Waals surface area (Å²) in [6, 6.07) is 6.74. The molecule has 4 heteroatoms. The van der Waals surface area contributed by atoms with Crippen LogP contribution in [-0.2, 0) is 9.47 Å². The second-order valence-corrected chi connectivity index (χ2v) is 7.11. The van der Waals surface area contributed by atoms with E-state index in [0.717, 1.165) is 44.9 Å². The van der Waals surface area contributed by atoms with Gasteiger partial charge in [0.25, 0.3) is 0 Å². The predicted molar refractivity (Wildman–Crippen MR) is 109 cm³/mol. The van der Waals surface area contributed by atoms with Gasteiger partial charge >= 0.3 is 11.9 Å². The minimum Gasteiger partial charge on any atom is -0.462 e. The van der Waals surface area contributed by atoms with Crippen molar-refractivity contribution in [3.05, 3.63) is 35.4 Å². The molecular formula is C23H36O4. The molecule has 27 heavy (non-hydrogen) atoms. The van der Waals surface area contributed by atoms with Crippen LogP contribution in [0.1, 0.15) is 99.3 Å². The number of carbonyl (C=O) groups excluding carboxylic acids is 2. The Morgan fingerprint density at radius 1 is 0.815 bits per heavy atom. The summed E-state index contributed by atoms with van der Waals surface area (Å²) in [5.74, 6) is -0.521. The van der Waals surface area contributed by atoms with Crippen LogP contribution in [0, 0.1) is 5.92 Å². The Morgan fingerprint density at radius 2 is 1.41 bits per heavy atom. The molecule has 0 aliphatic carbocycles. The monoisotopic (exact) mass is 376 g/mol. The zero-order chi connectivity index (χ0) is 19.9. The zero-order valence-corrected chi connectivity index (χ0v) is 17.3. The van der Waals surface area contributed by atoms with Crippen LogP contribution < -0.4 is 0 Å². The topological polar surface area (TPSA) is 52.6 Å². The maximum atomic E-state index is 12.5. The van der Waals surface area contributed by atoms with Gasteiger partial charge < -0.3 is 9.47 Å². The molecule has 0 aliphatic heterocycles. The summed E-state index contributed by atoms with van der Waals surface area (Å²) in [6.07, 6.45) is 9.78. The van der Waals surface area contributed by atoms with Gasteiger partial charge in [0.1, 0.15) is 0 Å². The Bertz CT molecular complexity index is 553. The van der Waals surface area contributed by atoms with Crippen LogP contribution in [0.15, 0.2) is 24.3 Å². The number of rotatable bonds is 14. The van der Waals surface area contributed by atoms with Gasteiger partial charge in [-0.15, -0.1) is 0 Å². The number of hydrogen-bond acceptors (Lipinski definition) is 4. The molecule has 1 atom stereocenters. The van der Waals surface area contributed by atoms with Crippen molar-refractivity contribution in [2.24, 2.45) is 5.92 Å². The molecule has 1 aromatic carbocycles. The molecule has 1 aromatic rings. The lowest BCUT2D eigenvalue weighted by Crippen LogP contribution is -2.17. The number of ether oxygens (including phenoxy) is 2. The fraction of sp³-hybridized carbons (Fsp3) is 0.652. The van der Waals surface area contributed by atoms with E-state index in [1.54, 1.807) is 24.3 Å². The average molecular weight is 377 g/mol. The van der Waals surface area contributed by atoms with Gasteiger partial charge in [0.05, 0.1) is 24.3 Å². The van der Waals surface area contributed by atoms with E-state index in [1.165, 1.54) is 12.8 Å². The molecule has 0 fully saturated rings. The standard InChI is InChI=1S/C23H36O4/c1-4-7-9-10-13-17-26-22(24)20-15-11-12-16-21(20)23(25)27-18-19(6-3)14-8-5-2/h11-12,15-16,19H,4-10,13-14,17-18H2,1-3H3. The van der Waals surface area contributed by atoms with Gasteiger partial charge in [0, 0.05) is 0 Å². The van der Waals surface area contributed by atoms with E-state index < -0.39 is 11.9 Å². The van der Waals surface area contributed by atoms with E-state index in [-0.39, 0.29) is 5.56 Å². The predicted octanol–water partition coefficient (Wildman–Crippen LogP) is 6.19. The molecule has 0 N–H and O–H groups in total. The number of carbonyl (C=O) groups is 2. The SMILES string of the molecule is CCCCCCCOC(=O)c1ccccc1C(=O)OCC(CC)CCCC. The fourth-order valence-corrected chi connectivity index (χ4v) is 2.96. The molecule has 4 nitrogen and oxygen atoms in total. The van der Waals surface area contributed by atoms with E-state index in [0.29, 0.717) is 24.7 Å². The first-order valence-corrected chi connectivity index (χ1v) is 10.6. The highest BCUT2D eigenvalue weighted by molar-refractivity contribution is 6.03. The third-order valence-corrected chi connectivity index (χ3v) is 4.84. The van der Waals surface area contributed by atoms with Gasteiger partial charge in [-0.25, -0.2) is 9.59 Å². The van der Waals surface area contributed by atoms with E-state index in [9.17, 15) is 9.59 Å². The lowest BCUT2D eigenvalue weighted by Gasteiger charge is -2.15. The molecule has 1 rings (SSSR count). The van der Waals surface area contributed by atoms with Gasteiger partial charge in [-0.05, 0) is 30.9 Å². The molecular weight excluding hydrogens is 340 g/mol. The van der Waals surface area contributed by atoms with Gasteiger partial charge in [-0.1, -0.05) is 77.8 Å². The first kappa shape index (κ1) is 23.2. The summed E-state index contributed by atoms with van der Waals surface area (Å²) in [4.78, 5) is 24.8. The van der Waals surface area contributed by atoms with Crippen molar-refractivity contribution < 1.29 is 19.1 Å². The summed E-state index contributed by atoms with van der Waals surface area (Å²) < 4.78 is 10.8. The van der Waals surface area contributed by atoms with Crippen LogP contribution in [0.4, 0.5) is 0 Å². The van der Waals surface area contributed by atoms with Crippen LogP contribution in [0.3, 0.4) is 0 Å². The number of esters is 2. The smallest absolute Gasteiger partial charge is 0.339 e. The van der Waals surface area contributed by atoms with E-state index in [2.05, 4.69) is 20.8 Å². The van der Waals surface area contributed by atoms with E-state index in [4.69, 9.17) is 9.47 Å². The highest BCUT2D eigenvalue weighted by Crippen LogP contribution is 2.16. The van der Waals surface area contributed by atoms with Gasteiger partial charge in [0.2, 0.25) is 0 Å². The van der Waals surface area contributed by atoms with Crippen molar-refractivity contribution in [2.75, 3.05) is 13.2 Å². The Balaban J connectivity index is 2.56. The highest BCUT2D eigenvalue weighted by atomic mass is 16.5. The fourth-order valence-electron chi connectivity index (χ4n) is 2.96. The van der Waals surface area contributed by atoms with Gasteiger partial charge in [0.15, 0.2) is 0 Å². The van der Waals surface area contributed by atoms with Crippen molar-refractivity contribution in [3.63, 3.8) is 0 Å². The number of benzene rings is 1. The summed E-state index contributed by atoms with van der Waals surface area (Å²) in [5.41, 5.74) is 0.580. The van der Waals surface area contributed by atoms with Crippen LogP contribution in [-0.4, -0.2) is 25.2 Å².